The van der Waals surface area contributed by atoms with Crippen LogP contribution in [0.5, 0.6) is 5.75 Å². The van der Waals surface area contributed by atoms with Gasteiger partial charge in [-0.05, 0) is 23.6 Å². The number of aromatic nitrogens is 2. The van der Waals surface area contributed by atoms with Crippen LogP contribution in [0.4, 0.5) is 5.82 Å². The molecule has 5 heteroatoms. The summed E-state index contributed by atoms with van der Waals surface area (Å²) < 4.78 is 5.70. The summed E-state index contributed by atoms with van der Waals surface area (Å²) >= 11 is 5.79. The SMILES string of the molecule is CC(C)COc1cccc(CNc2cncc(Cl)n2)c1. The molecule has 0 aliphatic carbocycles. The number of benzene rings is 1. The summed E-state index contributed by atoms with van der Waals surface area (Å²) in [6, 6.07) is 8.00. The van der Waals surface area contributed by atoms with E-state index in [9.17, 15) is 0 Å². The molecule has 0 aliphatic rings. The van der Waals surface area contributed by atoms with Crippen LogP contribution in [-0.2, 0) is 6.54 Å². The van der Waals surface area contributed by atoms with E-state index in [2.05, 4.69) is 29.1 Å². The normalized spacial score (nSPS) is 10.6. The van der Waals surface area contributed by atoms with Crippen molar-refractivity contribution in [3.05, 3.63) is 47.4 Å². The fourth-order valence-electron chi connectivity index (χ4n) is 1.63. The molecule has 0 fully saturated rings. The molecule has 0 spiro atoms. The van der Waals surface area contributed by atoms with Gasteiger partial charge in [0.2, 0.25) is 0 Å². The van der Waals surface area contributed by atoms with Crippen LogP contribution in [0.15, 0.2) is 36.7 Å². The second-order valence-corrected chi connectivity index (χ2v) is 5.32. The van der Waals surface area contributed by atoms with Gasteiger partial charge in [0, 0.05) is 6.54 Å². The molecule has 0 radical (unpaired) electrons. The van der Waals surface area contributed by atoms with E-state index in [0.29, 0.717) is 23.4 Å². The van der Waals surface area contributed by atoms with Gasteiger partial charge >= 0.3 is 0 Å². The summed E-state index contributed by atoms with van der Waals surface area (Å²) in [5.74, 6) is 2.06. The van der Waals surface area contributed by atoms with E-state index in [-0.39, 0.29) is 0 Å². The van der Waals surface area contributed by atoms with Crippen molar-refractivity contribution in [3.63, 3.8) is 0 Å². The molecular weight excluding hydrogens is 274 g/mol. The summed E-state index contributed by atoms with van der Waals surface area (Å²) in [6.07, 6.45) is 3.15. The van der Waals surface area contributed by atoms with Crippen molar-refractivity contribution in [2.75, 3.05) is 11.9 Å². The molecule has 20 heavy (non-hydrogen) atoms. The van der Waals surface area contributed by atoms with Gasteiger partial charge in [-0.1, -0.05) is 37.6 Å². The standard InChI is InChI=1S/C15H18ClN3O/c1-11(2)10-20-13-5-3-4-12(6-13)7-18-15-9-17-8-14(16)19-15/h3-6,8-9,11H,7,10H2,1-2H3,(H,18,19). The highest BCUT2D eigenvalue weighted by Crippen LogP contribution is 2.15. The van der Waals surface area contributed by atoms with Crippen molar-refractivity contribution in [1.29, 1.82) is 0 Å². The van der Waals surface area contributed by atoms with Gasteiger partial charge in [-0.3, -0.25) is 4.98 Å². The van der Waals surface area contributed by atoms with E-state index in [1.165, 1.54) is 6.20 Å². The number of nitrogens with one attached hydrogen (secondary N) is 1. The van der Waals surface area contributed by atoms with Crippen LogP contribution in [0.3, 0.4) is 0 Å². The summed E-state index contributed by atoms with van der Waals surface area (Å²) in [5.41, 5.74) is 1.12. The van der Waals surface area contributed by atoms with E-state index < -0.39 is 0 Å². The largest absolute Gasteiger partial charge is 0.493 e. The van der Waals surface area contributed by atoms with Gasteiger partial charge in [-0.15, -0.1) is 0 Å². The monoisotopic (exact) mass is 291 g/mol. The minimum atomic E-state index is 0.379. The Bertz CT molecular complexity index is 560. The lowest BCUT2D eigenvalue weighted by Crippen LogP contribution is -2.05. The molecule has 1 heterocycles. The van der Waals surface area contributed by atoms with Crippen LogP contribution < -0.4 is 10.1 Å². The molecular formula is C15H18ClN3O. The minimum Gasteiger partial charge on any atom is -0.493 e. The molecule has 0 unspecified atom stereocenters. The number of rotatable bonds is 6. The maximum Gasteiger partial charge on any atom is 0.149 e. The molecule has 1 N–H and O–H groups in total. The fourth-order valence-corrected chi connectivity index (χ4v) is 1.78. The zero-order valence-electron chi connectivity index (χ0n) is 11.6. The number of anilines is 1. The molecule has 2 rings (SSSR count). The van der Waals surface area contributed by atoms with E-state index in [1.54, 1.807) is 6.20 Å². The third-order valence-corrected chi connectivity index (χ3v) is 2.74. The Labute approximate surface area is 124 Å². The van der Waals surface area contributed by atoms with Crippen LogP contribution in [-0.4, -0.2) is 16.6 Å². The molecule has 106 valence electrons. The second kappa shape index (κ2) is 7.10. The molecule has 1 aromatic carbocycles. The van der Waals surface area contributed by atoms with Crippen molar-refractivity contribution < 1.29 is 4.74 Å². The van der Waals surface area contributed by atoms with Crippen LogP contribution in [0.25, 0.3) is 0 Å². The first-order valence-corrected chi connectivity index (χ1v) is 6.94. The molecule has 0 saturated carbocycles. The number of hydrogen-bond acceptors (Lipinski definition) is 4. The Morgan fingerprint density at radius 1 is 1.30 bits per heavy atom. The van der Waals surface area contributed by atoms with Gasteiger partial charge < -0.3 is 10.1 Å². The zero-order valence-corrected chi connectivity index (χ0v) is 12.4. The van der Waals surface area contributed by atoms with Gasteiger partial charge in [-0.25, -0.2) is 4.98 Å². The van der Waals surface area contributed by atoms with Crippen LogP contribution in [0.1, 0.15) is 19.4 Å². The summed E-state index contributed by atoms with van der Waals surface area (Å²) in [6.45, 7) is 5.62. The highest BCUT2D eigenvalue weighted by atomic mass is 35.5. The Kier molecular flexibility index (Phi) is 5.18. The van der Waals surface area contributed by atoms with Crippen molar-refractivity contribution in [1.82, 2.24) is 9.97 Å². The quantitative estimate of drug-likeness (QED) is 0.880. The molecule has 0 aliphatic heterocycles. The Hall–Kier alpha value is -1.81. The maximum atomic E-state index is 5.79. The van der Waals surface area contributed by atoms with Crippen molar-refractivity contribution in [2.45, 2.75) is 20.4 Å². The minimum absolute atomic E-state index is 0.379. The van der Waals surface area contributed by atoms with Crippen LogP contribution in [0.2, 0.25) is 5.15 Å². The third-order valence-electron chi connectivity index (χ3n) is 2.56. The average molecular weight is 292 g/mol. The number of hydrogen-bond donors (Lipinski definition) is 1. The highest BCUT2D eigenvalue weighted by Gasteiger charge is 2.01. The second-order valence-electron chi connectivity index (χ2n) is 4.93. The number of ether oxygens (including phenoxy) is 1. The van der Waals surface area contributed by atoms with E-state index in [1.807, 2.05) is 24.3 Å². The summed E-state index contributed by atoms with van der Waals surface area (Å²) in [7, 11) is 0. The fraction of sp³-hybridized carbons (Fsp3) is 0.333. The topological polar surface area (TPSA) is 47.0 Å². The number of halogens is 1. The lowest BCUT2D eigenvalue weighted by molar-refractivity contribution is 0.271. The van der Waals surface area contributed by atoms with E-state index in [4.69, 9.17) is 16.3 Å². The van der Waals surface area contributed by atoms with Gasteiger partial charge in [0.1, 0.15) is 16.7 Å². The lowest BCUT2D eigenvalue weighted by Gasteiger charge is -2.10. The van der Waals surface area contributed by atoms with E-state index in [0.717, 1.165) is 17.9 Å². The average Bonchev–Trinajstić information content (AvgIpc) is 2.43. The van der Waals surface area contributed by atoms with E-state index >= 15 is 0 Å². The van der Waals surface area contributed by atoms with Gasteiger partial charge in [0.25, 0.3) is 0 Å². The predicted molar refractivity (Wildman–Crippen MR) is 81.1 cm³/mol. The van der Waals surface area contributed by atoms with Gasteiger partial charge in [-0.2, -0.15) is 0 Å². The maximum absolute atomic E-state index is 5.79. The Morgan fingerprint density at radius 3 is 2.90 bits per heavy atom. The first-order chi connectivity index (χ1) is 9.63. The Balaban J connectivity index is 1.94. The molecule has 1 aromatic heterocycles. The molecule has 4 nitrogen and oxygen atoms in total. The molecule has 0 amide bonds. The zero-order chi connectivity index (χ0) is 14.4. The van der Waals surface area contributed by atoms with Crippen molar-refractivity contribution in [3.8, 4) is 5.75 Å². The molecule has 0 saturated heterocycles. The number of nitrogens with zero attached hydrogens (tertiary/aromatic N) is 2. The Morgan fingerprint density at radius 2 is 2.15 bits per heavy atom. The van der Waals surface area contributed by atoms with Crippen molar-refractivity contribution >= 4 is 17.4 Å². The molecule has 2 aromatic rings. The summed E-state index contributed by atoms with van der Waals surface area (Å²) in [4.78, 5) is 8.11. The smallest absolute Gasteiger partial charge is 0.149 e. The highest BCUT2D eigenvalue weighted by molar-refractivity contribution is 6.29. The first kappa shape index (κ1) is 14.6. The molecule has 0 bridgehead atoms. The van der Waals surface area contributed by atoms with Crippen LogP contribution >= 0.6 is 11.6 Å². The first-order valence-electron chi connectivity index (χ1n) is 6.56. The molecule has 0 atom stereocenters. The summed E-state index contributed by atoms with van der Waals surface area (Å²) in [5, 5.41) is 3.56. The van der Waals surface area contributed by atoms with Crippen LogP contribution in [0, 0.1) is 5.92 Å². The lowest BCUT2D eigenvalue weighted by atomic mass is 10.2. The predicted octanol–water partition coefficient (Wildman–Crippen LogP) is 3.78. The van der Waals surface area contributed by atoms with Crippen molar-refractivity contribution in [2.24, 2.45) is 5.92 Å². The van der Waals surface area contributed by atoms with Gasteiger partial charge in [0.15, 0.2) is 0 Å². The van der Waals surface area contributed by atoms with Gasteiger partial charge in [0.05, 0.1) is 19.0 Å². The third kappa shape index (κ3) is 4.70.